The number of rotatable bonds is 8. The van der Waals surface area contributed by atoms with Gasteiger partial charge in [-0.2, -0.15) is 8.78 Å². The van der Waals surface area contributed by atoms with Gasteiger partial charge in [0.25, 0.3) is 0 Å². The molecule has 4 fully saturated rings. The minimum absolute atomic E-state index is 0.0340. The summed E-state index contributed by atoms with van der Waals surface area (Å²) in [5.74, 6) is -4.18. The SMILES string of the molecule is CC(=O)OC1CCC2(C)C(C1)CC(OC(C)=O)C1C2CC(OC(C)=O)C2(C)C(C(C)C(=O)OCC(F)(F)S(=O)(=O)[O-])CCC12. The third-order valence-electron chi connectivity index (χ3n) is 11.4. The van der Waals surface area contributed by atoms with Crippen LogP contribution in [-0.4, -0.2) is 67.0 Å². The van der Waals surface area contributed by atoms with Crippen LogP contribution in [0.1, 0.15) is 86.5 Å². The maximum atomic E-state index is 13.8. The van der Waals surface area contributed by atoms with Crippen molar-refractivity contribution in [3.8, 4) is 0 Å². The lowest BCUT2D eigenvalue weighted by atomic mass is 9.43. The molecule has 0 aromatic carbocycles. The molecule has 0 N–H and O–H groups in total. The smallest absolute Gasteiger partial charge is 0.367 e. The first-order valence-electron chi connectivity index (χ1n) is 15.2. The number of ether oxygens (including phenoxy) is 4. The Labute approximate surface area is 256 Å². The highest BCUT2D eigenvalue weighted by atomic mass is 32.2. The van der Waals surface area contributed by atoms with E-state index in [1.165, 1.54) is 27.7 Å². The summed E-state index contributed by atoms with van der Waals surface area (Å²) in [5, 5.41) is -4.78. The van der Waals surface area contributed by atoms with Gasteiger partial charge in [-0.25, -0.2) is 8.42 Å². The van der Waals surface area contributed by atoms with Crippen molar-refractivity contribution >= 4 is 34.0 Å². The van der Waals surface area contributed by atoms with E-state index in [1.54, 1.807) is 0 Å². The first-order chi connectivity index (χ1) is 20.2. The zero-order chi connectivity index (χ0) is 33.0. The van der Waals surface area contributed by atoms with Crippen LogP contribution in [0.3, 0.4) is 0 Å². The predicted molar refractivity (Wildman–Crippen MR) is 147 cm³/mol. The normalized spacial score (nSPS) is 39.1. The highest BCUT2D eigenvalue weighted by Gasteiger charge is 2.68. The van der Waals surface area contributed by atoms with Crippen LogP contribution in [0.15, 0.2) is 0 Å². The standard InChI is InChI=1S/C30H44F2O11S/c1-15(27(36)40-14-30(31,32)44(37,38)39)21-7-8-22-26-23(13-25(29(21,22)6)43-18(4)35)28(5)10-9-20(41-16(2)33)11-19(28)12-24(26)42-17(3)34/h15,19-26H,7-14H2,1-6H3,(H,37,38,39)/p-1. The lowest BCUT2D eigenvalue weighted by molar-refractivity contribution is -0.225. The first kappa shape index (κ1) is 34.5. The molecule has 4 rings (SSSR count). The van der Waals surface area contributed by atoms with Gasteiger partial charge in [0.15, 0.2) is 16.7 Å². The van der Waals surface area contributed by atoms with Gasteiger partial charge in [0.2, 0.25) is 0 Å². The fraction of sp³-hybridized carbons (Fsp3) is 0.867. The maximum absolute atomic E-state index is 13.8. The van der Waals surface area contributed by atoms with Crippen LogP contribution in [0.2, 0.25) is 0 Å². The molecule has 0 aromatic rings. The van der Waals surface area contributed by atoms with Crippen molar-refractivity contribution < 1.29 is 59.9 Å². The van der Waals surface area contributed by atoms with Crippen LogP contribution in [0, 0.1) is 46.3 Å². The molecule has 0 aliphatic heterocycles. The summed E-state index contributed by atoms with van der Waals surface area (Å²) >= 11 is 0. The second-order valence-electron chi connectivity index (χ2n) is 13.8. The van der Waals surface area contributed by atoms with Crippen molar-refractivity contribution in [3.05, 3.63) is 0 Å². The predicted octanol–water partition coefficient (Wildman–Crippen LogP) is 3.98. The topological polar surface area (TPSA) is 162 Å². The van der Waals surface area contributed by atoms with Crippen LogP contribution in [0.5, 0.6) is 0 Å². The van der Waals surface area contributed by atoms with Gasteiger partial charge in [-0.15, -0.1) is 0 Å². The van der Waals surface area contributed by atoms with Gasteiger partial charge in [-0.1, -0.05) is 20.8 Å². The Kier molecular flexibility index (Phi) is 9.50. The molecule has 0 spiro atoms. The number of hydrogen-bond donors (Lipinski definition) is 0. The van der Waals surface area contributed by atoms with E-state index in [1.807, 2.05) is 6.92 Å². The molecule has 0 radical (unpaired) electrons. The largest absolute Gasteiger partial charge is 0.743 e. The molecule has 250 valence electrons. The summed E-state index contributed by atoms with van der Waals surface area (Å²) < 4.78 is 82.4. The molecule has 0 aromatic heterocycles. The third-order valence-corrected chi connectivity index (χ3v) is 12.3. The van der Waals surface area contributed by atoms with Gasteiger partial charge in [0, 0.05) is 32.1 Å². The number of fused-ring (bicyclic) bond motifs is 5. The van der Waals surface area contributed by atoms with Crippen LogP contribution in [0.4, 0.5) is 8.78 Å². The van der Waals surface area contributed by atoms with Crippen molar-refractivity contribution in [1.82, 2.24) is 0 Å². The van der Waals surface area contributed by atoms with E-state index < -0.39 is 69.3 Å². The second kappa shape index (κ2) is 12.1. The molecule has 0 saturated heterocycles. The Hall–Kier alpha value is -2.35. The van der Waals surface area contributed by atoms with E-state index in [2.05, 4.69) is 11.7 Å². The number of alkyl halides is 2. The fourth-order valence-corrected chi connectivity index (χ4v) is 9.73. The Morgan fingerprint density at radius 3 is 2.09 bits per heavy atom. The van der Waals surface area contributed by atoms with Crippen LogP contribution >= 0.6 is 0 Å². The molecule has 11 nitrogen and oxygen atoms in total. The lowest BCUT2D eigenvalue weighted by Gasteiger charge is -2.64. The average Bonchev–Trinajstić information content (AvgIpc) is 3.24. The molecule has 11 atom stereocenters. The summed E-state index contributed by atoms with van der Waals surface area (Å²) in [7, 11) is -6.03. The number of hydrogen-bond acceptors (Lipinski definition) is 11. The van der Waals surface area contributed by atoms with Gasteiger partial charge in [0.1, 0.15) is 18.3 Å². The van der Waals surface area contributed by atoms with Gasteiger partial charge >= 0.3 is 29.1 Å². The molecule has 0 bridgehead atoms. The van der Waals surface area contributed by atoms with E-state index in [9.17, 15) is 40.9 Å². The van der Waals surface area contributed by atoms with Crippen LogP contribution in [-0.2, 0) is 48.2 Å². The van der Waals surface area contributed by atoms with E-state index >= 15 is 0 Å². The molecule has 44 heavy (non-hydrogen) atoms. The van der Waals surface area contributed by atoms with Crippen molar-refractivity contribution in [2.45, 2.75) is 110 Å². The Morgan fingerprint density at radius 1 is 0.909 bits per heavy atom. The van der Waals surface area contributed by atoms with Gasteiger partial charge in [0.05, 0.1) is 5.92 Å². The third kappa shape index (κ3) is 6.21. The van der Waals surface area contributed by atoms with E-state index in [0.29, 0.717) is 38.5 Å². The van der Waals surface area contributed by atoms with Gasteiger partial charge < -0.3 is 23.5 Å². The highest BCUT2D eigenvalue weighted by molar-refractivity contribution is 7.86. The number of esters is 4. The highest BCUT2D eigenvalue weighted by Crippen LogP contribution is 2.69. The average molecular weight is 650 g/mol. The Bertz CT molecular complexity index is 1270. The molecule has 11 unspecified atom stereocenters. The van der Waals surface area contributed by atoms with Crippen molar-refractivity contribution in [3.63, 3.8) is 0 Å². The molecule has 0 heterocycles. The molecule has 4 saturated carbocycles. The van der Waals surface area contributed by atoms with Gasteiger partial charge in [-0.05, 0) is 74.0 Å². The summed E-state index contributed by atoms with van der Waals surface area (Å²) in [6.45, 7) is 7.75. The maximum Gasteiger partial charge on any atom is 0.367 e. The van der Waals surface area contributed by atoms with Crippen molar-refractivity contribution in [1.29, 1.82) is 0 Å². The zero-order valence-corrected chi connectivity index (χ0v) is 26.8. The zero-order valence-electron chi connectivity index (χ0n) is 26.0. The molecule has 4 aliphatic carbocycles. The Balaban J connectivity index is 1.68. The fourth-order valence-electron chi connectivity index (χ4n) is 9.53. The first-order valence-corrected chi connectivity index (χ1v) is 16.6. The second-order valence-corrected chi connectivity index (χ2v) is 15.3. The molecule has 14 heteroatoms. The van der Waals surface area contributed by atoms with E-state index in [-0.39, 0.29) is 41.2 Å². The summed E-state index contributed by atoms with van der Waals surface area (Å²) in [6.07, 6.45) is 2.68. The van der Waals surface area contributed by atoms with Crippen molar-refractivity contribution in [2.75, 3.05) is 6.61 Å². The minimum Gasteiger partial charge on any atom is -0.743 e. The molecular weight excluding hydrogens is 606 g/mol. The summed E-state index contributed by atoms with van der Waals surface area (Å²) in [4.78, 5) is 49.5. The van der Waals surface area contributed by atoms with Crippen molar-refractivity contribution in [2.24, 2.45) is 46.3 Å². The number of halogens is 2. The quantitative estimate of drug-likeness (QED) is 0.212. The Morgan fingerprint density at radius 2 is 1.52 bits per heavy atom. The van der Waals surface area contributed by atoms with Crippen LogP contribution < -0.4 is 0 Å². The van der Waals surface area contributed by atoms with E-state index in [0.717, 1.165) is 6.42 Å². The van der Waals surface area contributed by atoms with Crippen LogP contribution in [0.25, 0.3) is 0 Å². The monoisotopic (exact) mass is 649 g/mol. The summed E-state index contributed by atoms with van der Waals surface area (Å²) in [5.41, 5.74) is -1.08. The number of carbonyl (C=O) groups is 4. The number of carbonyl (C=O) groups excluding carboxylic acids is 4. The molecule has 4 aliphatic rings. The minimum atomic E-state index is -6.03. The summed E-state index contributed by atoms with van der Waals surface area (Å²) in [6, 6.07) is 0. The molecule has 0 amide bonds. The lowest BCUT2D eigenvalue weighted by Crippen LogP contribution is -2.63. The molecular formula is C30H43F2O11S-. The van der Waals surface area contributed by atoms with Gasteiger partial charge in [-0.3, -0.25) is 19.2 Å². The van der Waals surface area contributed by atoms with E-state index in [4.69, 9.17) is 14.2 Å².